The van der Waals surface area contributed by atoms with E-state index in [2.05, 4.69) is 17.0 Å². The standard InChI is InChI=1S/C15H20N2/c16-15(13-7-2-1-3-8-13)17-11-10-12-6-4-5-9-14(12)17/h1-3,7-8,12,14,16H,4-6,9-11H2. The van der Waals surface area contributed by atoms with Crippen LogP contribution in [0.1, 0.15) is 37.7 Å². The quantitative estimate of drug-likeness (QED) is 0.579. The molecule has 1 saturated heterocycles. The summed E-state index contributed by atoms with van der Waals surface area (Å²) >= 11 is 0. The Kier molecular flexibility index (Phi) is 2.87. The minimum absolute atomic E-state index is 0.649. The molecule has 1 aliphatic carbocycles. The average Bonchev–Trinajstić information content (AvgIpc) is 2.83. The van der Waals surface area contributed by atoms with Crippen molar-refractivity contribution in [3.8, 4) is 0 Å². The van der Waals surface area contributed by atoms with Crippen LogP contribution >= 0.6 is 0 Å². The van der Waals surface area contributed by atoms with Gasteiger partial charge in [-0.2, -0.15) is 0 Å². The number of benzene rings is 1. The molecule has 2 heteroatoms. The summed E-state index contributed by atoms with van der Waals surface area (Å²) in [5.74, 6) is 1.59. The highest BCUT2D eigenvalue weighted by molar-refractivity contribution is 5.96. The van der Waals surface area contributed by atoms with Gasteiger partial charge in [-0.25, -0.2) is 0 Å². The van der Waals surface area contributed by atoms with E-state index in [1.54, 1.807) is 0 Å². The van der Waals surface area contributed by atoms with Gasteiger partial charge >= 0.3 is 0 Å². The van der Waals surface area contributed by atoms with Gasteiger partial charge < -0.3 is 4.90 Å². The van der Waals surface area contributed by atoms with Crippen LogP contribution in [-0.4, -0.2) is 23.3 Å². The molecular weight excluding hydrogens is 208 g/mol. The summed E-state index contributed by atoms with van der Waals surface area (Å²) < 4.78 is 0. The van der Waals surface area contributed by atoms with Gasteiger partial charge in [0.1, 0.15) is 5.84 Å². The van der Waals surface area contributed by atoms with E-state index < -0.39 is 0 Å². The summed E-state index contributed by atoms with van der Waals surface area (Å²) in [5, 5.41) is 8.38. The molecule has 2 aliphatic rings. The monoisotopic (exact) mass is 228 g/mol. The molecular formula is C15H20N2. The summed E-state index contributed by atoms with van der Waals surface area (Å²) in [5.41, 5.74) is 1.07. The minimum Gasteiger partial charge on any atom is -0.353 e. The maximum absolute atomic E-state index is 8.38. The fourth-order valence-electron chi connectivity index (χ4n) is 3.45. The maximum Gasteiger partial charge on any atom is 0.128 e. The van der Waals surface area contributed by atoms with E-state index in [0.717, 1.165) is 23.9 Å². The highest BCUT2D eigenvalue weighted by Gasteiger charge is 2.36. The van der Waals surface area contributed by atoms with Gasteiger partial charge in [0.2, 0.25) is 0 Å². The average molecular weight is 228 g/mol. The normalized spacial score (nSPS) is 27.9. The Morgan fingerprint density at radius 3 is 2.65 bits per heavy atom. The minimum atomic E-state index is 0.649. The third-order valence-electron chi connectivity index (χ3n) is 4.34. The number of nitrogens with zero attached hydrogens (tertiary/aromatic N) is 1. The Morgan fingerprint density at radius 1 is 1.06 bits per heavy atom. The zero-order valence-electron chi connectivity index (χ0n) is 10.2. The number of likely N-dealkylation sites (tertiary alicyclic amines) is 1. The molecule has 1 aromatic carbocycles. The topological polar surface area (TPSA) is 27.1 Å². The molecule has 1 aromatic rings. The number of hydrogen-bond donors (Lipinski definition) is 1. The van der Waals surface area contributed by atoms with Gasteiger partial charge in [-0.15, -0.1) is 0 Å². The number of nitrogens with one attached hydrogen (secondary N) is 1. The Labute approximate surface area is 103 Å². The van der Waals surface area contributed by atoms with Crippen molar-refractivity contribution in [3.05, 3.63) is 35.9 Å². The number of rotatable bonds is 1. The van der Waals surface area contributed by atoms with Crippen molar-refractivity contribution in [2.24, 2.45) is 5.92 Å². The van der Waals surface area contributed by atoms with E-state index in [1.165, 1.54) is 32.1 Å². The zero-order valence-corrected chi connectivity index (χ0v) is 10.2. The maximum atomic E-state index is 8.38. The van der Waals surface area contributed by atoms with Crippen molar-refractivity contribution in [2.75, 3.05) is 6.54 Å². The van der Waals surface area contributed by atoms with Crippen LogP contribution < -0.4 is 0 Å². The molecule has 0 aromatic heterocycles. The molecule has 0 amide bonds. The number of hydrogen-bond acceptors (Lipinski definition) is 1. The molecule has 2 fully saturated rings. The molecule has 0 spiro atoms. The lowest BCUT2D eigenvalue weighted by Gasteiger charge is -2.33. The SMILES string of the molecule is N=C(c1ccccc1)N1CCC2CCCCC21. The molecule has 1 heterocycles. The predicted molar refractivity (Wildman–Crippen MR) is 70.3 cm³/mol. The summed E-state index contributed by atoms with van der Waals surface area (Å²) in [6, 6.07) is 10.8. The smallest absolute Gasteiger partial charge is 0.128 e. The lowest BCUT2D eigenvalue weighted by molar-refractivity contribution is 0.253. The highest BCUT2D eigenvalue weighted by Crippen LogP contribution is 2.36. The summed E-state index contributed by atoms with van der Waals surface area (Å²) in [4.78, 5) is 2.35. The summed E-state index contributed by atoms with van der Waals surface area (Å²) in [6.45, 7) is 1.09. The van der Waals surface area contributed by atoms with Gasteiger partial charge in [0.15, 0.2) is 0 Å². The molecule has 3 rings (SSSR count). The molecule has 2 atom stereocenters. The largest absolute Gasteiger partial charge is 0.353 e. The fraction of sp³-hybridized carbons (Fsp3) is 0.533. The lowest BCUT2D eigenvalue weighted by Crippen LogP contribution is -2.39. The second-order valence-corrected chi connectivity index (χ2v) is 5.31. The molecule has 1 aliphatic heterocycles. The summed E-state index contributed by atoms with van der Waals surface area (Å²) in [7, 11) is 0. The first-order chi connectivity index (χ1) is 8.36. The third-order valence-corrected chi connectivity index (χ3v) is 4.34. The van der Waals surface area contributed by atoms with Crippen LogP contribution in [0.3, 0.4) is 0 Å². The Morgan fingerprint density at radius 2 is 1.82 bits per heavy atom. The van der Waals surface area contributed by atoms with E-state index in [9.17, 15) is 0 Å². The van der Waals surface area contributed by atoms with E-state index in [4.69, 9.17) is 5.41 Å². The highest BCUT2D eigenvalue weighted by atomic mass is 15.2. The van der Waals surface area contributed by atoms with E-state index in [1.807, 2.05) is 18.2 Å². The van der Waals surface area contributed by atoms with Crippen LogP contribution in [0.15, 0.2) is 30.3 Å². The van der Waals surface area contributed by atoms with Crippen molar-refractivity contribution in [3.63, 3.8) is 0 Å². The molecule has 2 unspecified atom stereocenters. The number of amidine groups is 1. The molecule has 0 radical (unpaired) electrons. The second kappa shape index (κ2) is 4.52. The van der Waals surface area contributed by atoms with Crippen LogP contribution in [0.4, 0.5) is 0 Å². The van der Waals surface area contributed by atoms with Gasteiger partial charge in [-0.3, -0.25) is 5.41 Å². The van der Waals surface area contributed by atoms with E-state index in [-0.39, 0.29) is 0 Å². The van der Waals surface area contributed by atoms with Crippen molar-refractivity contribution >= 4 is 5.84 Å². The van der Waals surface area contributed by atoms with Gasteiger partial charge in [-0.05, 0) is 25.2 Å². The number of fused-ring (bicyclic) bond motifs is 1. The van der Waals surface area contributed by atoms with Crippen molar-refractivity contribution in [1.82, 2.24) is 4.90 Å². The predicted octanol–water partition coefficient (Wildman–Crippen LogP) is 3.28. The molecule has 0 bridgehead atoms. The van der Waals surface area contributed by atoms with Crippen LogP contribution in [0.2, 0.25) is 0 Å². The van der Waals surface area contributed by atoms with Gasteiger partial charge in [-0.1, -0.05) is 43.2 Å². The van der Waals surface area contributed by atoms with Gasteiger partial charge in [0.25, 0.3) is 0 Å². The van der Waals surface area contributed by atoms with Crippen molar-refractivity contribution in [1.29, 1.82) is 5.41 Å². The van der Waals surface area contributed by atoms with Gasteiger partial charge in [0, 0.05) is 18.2 Å². The van der Waals surface area contributed by atoms with Crippen molar-refractivity contribution < 1.29 is 0 Å². The fourth-order valence-corrected chi connectivity index (χ4v) is 3.45. The van der Waals surface area contributed by atoms with Crippen LogP contribution in [-0.2, 0) is 0 Å². The summed E-state index contributed by atoms with van der Waals surface area (Å²) in [6.07, 6.45) is 6.70. The van der Waals surface area contributed by atoms with E-state index in [0.29, 0.717) is 6.04 Å². The zero-order chi connectivity index (χ0) is 11.7. The van der Waals surface area contributed by atoms with Gasteiger partial charge in [0.05, 0.1) is 0 Å². The first kappa shape index (κ1) is 10.8. The van der Waals surface area contributed by atoms with Crippen LogP contribution in [0.5, 0.6) is 0 Å². The molecule has 1 saturated carbocycles. The second-order valence-electron chi connectivity index (χ2n) is 5.31. The third kappa shape index (κ3) is 1.97. The molecule has 17 heavy (non-hydrogen) atoms. The van der Waals surface area contributed by atoms with Crippen LogP contribution in [0.25, 0.3) is 0 Å². The van der Waals surface area contributed by atoms with Crippen molar-refractivity contribution in [2.45, 2.75) is 38.1 Å². The Bertz CT molecular complexity index is 399. The lowest BCUT2D eigenvalue weighted by atomic mass is 9.85. The first-order valence-corrected chi connectivity index (χ1v) is 6.77. The Balaban J connectivity index is 1.79. The van der Waals surface area contributed by atoms with Crippen LogP contribution in [0, 0.1) is 11.3 Å². The first-order valence-electron chi connectivity index (χ1n) is 6.77. The molecule has 1 N–H and O–H groups in total. The molecule has 90 valence electrons. The molecule has 2 nitrogen and oxygen atoms in total. The Hall–Kier alpha value is -1.31. The van der Waals surface area contributed by atoms with E-state index >= 15 is 0 Å².